The summed E-state index contributed by atoms with van der Waals surface area (Å²) in [4.78, 5) is 41.1. The van der Waals surface area contributed by atoms with E-state index in [4.69, 9.17) is 9.47 Å². The molecule has 162 valence electrons. The van der Waals surface area contributed by atoms with Gasteiger partial charge in [0.1, 0.15) is 11.6 Å². The predicted octanol–water partition coefficient (Wildman–Crippen LogP) is 2.61. The number of ether oxygens (including phenoxy) is 2. The molecule has 0 radical (unpaired) electrons. The lowest BCUT2D eigenvalue weighted by atomic mass is 9.94. The third kappa shape index (κ3) is 9.40. The minimum atomic E-state index is -0.952. The third-order valence-electron chi connectivity index (χ3n) is 4.03. The summed E-state index contributed by atoms with van der Waals surface area (Å²) in [6.07, 6.45) is 3.34. The lowest BCUT2D eigenvalue weighted by molar-refractivity contribution is -0.145. The number of methoxy groups -OCH3 is 1. The Hall–Kier alpha value is -2.64. The quantitative estimate of drug-likeness (QED) is 0.642. The monoisotopic (exact) mass is 407 g/mol. The molecule has 0 spiro atoms. The zero-order chi connectivity index (χ0) is 22.2. The van der Waals surface area contributed by atoms with E-state index in [1.807, 2.05) is 26.0 Å². The average Bonchev–Trinajstić information content (AvgIpc) is 2.58. The van der Waals surface area contributed by atoms with E-state index in [0.717, 1.165) is 5.56 Å². The minimum Gasteiger partial charge on any atom is -0.469 e. The number of hydrogen-bond donors (Lipinski definition) is 2. The van der Waals surface area contributed by atoms with Crippen LogP contribution in [0.3, 0.4) is 0 Å². The van der Waals surface area contributed by atoms with E-state index in [1.165, 1.54) is 7.11 Å². The first-order valence-electron chi connectivity index (χ1n) is 9.61. The van der Waals surface area contributed by atoms with Gasteiger partial charge in [0, 0.05) is 17.9 Å². The van der Waals surface area contributed by atoms with Crippen LogP contribution in [-0.2, 0) is 25.5 Å². The average molecular weight is 408 g/mol. The van der Waals surface area contributed by atoms with Gasteiger partial charge in [-0.05, 0) is 59.1 Å². The Morgan fingerprint density at radius 2 is 1.83 bits per heavy atom. The van der Waals surface area contributed by atoms with Crippen molar-refractivity contribution in [1.82, 2.24) is 15.6 Å². The molecular formula is C21H33N3O5. The molecule has 0 aliphatic rings. The van der Waals surface area contributed by atoms with Crippen molar-refractivity contribution < 1.29 is 23.9 Å². The molecule has 0 aromatic carbocycles. The summed E-state index contributed by atoms with van der Waals surface area (Å²) >= 11 is 0. The third-order valence-corrected chi connectivity index (χ3v) is 4.03. The number of nitrogens with zero attached hydrogens (tertiary/aromatic N) is 1. The van der Waals surface area contributed by atoms with Crippen molar-refractivity contribution in [2.24, 2.45) is 5.92 Å². The summed E-state index contributed by atoms with van der Waals surface area (Å²) in [6, 6.07) is 2.81. The van der Waals surface area contributed by atoms with E-state index in [-0.39, 0.29) is 6.42 Å². The van der Waals surface area contributed by atoms with Gasteiger partial charge in [-0.3, -0.25) is 14.6 Å². The van der Waals surface area contributed by atoms with Crippen LogP contribution in [0.1, 0.15) is 53.5 Å². The van der Waals surface area contributed by atoms with Crippen LogP contribution in [0, 0.1) is 5.92 Å². The number of rotatable bonds is 8. The number of carbonyl (C=O) groups is 3. The van der Waals surface area contributed by atoms with Crippen LogP contribution >= 0.6 is 0 Å². The second kappa shape index (κ2) is 10.2. The summed E-state index contributed by atoms with van der Waals surface area (Å²) in [5.74, 6) is -1.43. The fraction of sp³-hybridized carbons (Fsp3) is 0.619. The molecule has 0 saturated carbocycles. The van der Waals surface area contributed by atoms with E-state index >= 15 is 0 Å². The Kier molecular flexibility index (Phi) is 8.60. The van der Waals surface area contributed by atoms with Crippen molar-refractivity contribution in [2.45, 2.75) is 71.6 Å². The molecular weight excluding hydrogens is 374 g/mol. The maximum Gasteiger partial charge on any atom is 0.408 e. The molecule has 0 bridgehead atoms. The van der Waals surface area contributed by atoms with Crippen LogP contribution in [0.4, 0.5) is 4.79 Å². The Balaban J connectivity index is 2.89. The molecule has 0 aliphatic carbocycles. The lowest BCUT2D eigenvalue weighted by Crippen LogP contribution is -2.55. The number of esters is 1. The Morgan fingerprint density at radius 3 is 2.34 bits per heavy atom. The van der Waals surface area contributed by atoms with E-state index in [2.05, 4.69) is 15.6 Å². The van der Waals surface area contributed by atoms with E-state index in [0.29, 0.717) is 6.42 Å². The highest BCUT2D eigenvalue weighted by molar-refractivity contribution is 5.87. The first kappa shape index (κ1) is 24.4. The second-order valence-corrected chi connectivity index (χ2v) is 8.77. The van der Waals surface area contributed by atoms with E-state index in [9.17, 15) is 14.4 Å². The van der Waals surface area contributed by atoms with Crippen LogP contribution in [0.25, 0.3) is 0 Å². The van der Waals surface area contributed by atoms with Gasteiger partial charge < -0.3 is 20.1 Å². The van der Waals surface area contributed by atoms with Crippen LogP contribution in [-0.4, -0.2) is 47.2 Å². The molecule has 0 aliphatic heterocycles. The maximum atomic E-state index is 12.9. The van der Waals surface area contributed by atoms with Gasteiger partial charge in [-0.1, -0.05) is 13.0 Å². The zero-order valence-electron chi connectivity index (χ0n) is 18.4. The van der Waals surface area contributed by atoms with Crippen LogP contribution in [0.15, 0.2) is 24.5 Å². The number of carbonyl (C=O) groups excluding carboxylic acids is 3. The number of alkyl carbamates (subject to hydrolysis) is 1. The second-order valence-electron chi connectivity index (χ2n) is 8.77. The predicted molar refractivity (Wildman–Crippen MR) is 109 cm³/mol. The molecule has 2 atom stereocenters. The molecule has 8 nitrogen and oxygen atoms in total. The van der Waals surface area contributed by atoms with Crippen LogP contribution in [0.2, 0.25) is 0 Å². The summed E-state index contributed by atoms with van der Waals surface area (Å²) in [5, 5.41) is 5.52. The number of hydrogen-bond acceptors (Lipinski definition) is 6. The highest BCUT2D eigenvalue weighted by Gasteiger charge is 2.31. The van der Waals surface area contributed by atoms with Gasteiger partial charge in [0.25, 0.3) is 0 Å². The van der Waals surface area contributed by atoms with Crippen molar-refractivity contribution in [3.8, 4) is 0 Å². The van der Waals surface area contributed by atoms with Crippen LogP contribution in [0.5, 0.6) is 0 Å². The Labute approximate surface area is 172 Å². The first-order valence-corrected chi connectivity index (χ1v) is 9.61. The Bertz CT molecular complexity index is 698. The summed E-state index contributed by atoms with van der Waals surface area (Å²) < 4.78 is 9.99. The van der Waals surface area contributed by atoms with E-state index in [1.54, 1.807) is 40.1 Å². The van der Waals surface area contributed by atoms with Gasteiger partial charge in [-0.15, -0.1) is 0 Å². The SMILES string of the molecule is COC(=O)[C@@H](C)C[C@H](NC(=O)OC(C)(C)C)C(=O)NC(C)(C)Cc1cccnc1. The van der Waals surface area contributed by atoms with Gasteiger partial charge in [-0.2, -0.15) is 0 Å². The topological polar surface area (TPSA) is 107 Å². The standard InChI is InChI=1S/C21H33N3O5/c1-14(18(26)28-7)11-16(23-19(27)29-20(2,3)4)17(25)24-21(5,6)12-15-9-8-10-22-13-15/h8-10,13-14,16H,11-12H2,1-7H3,(H,23,27)(H,24,25)/t14-,16-/m0/s1. The number of nitrogens with one attached hydrogen (secondary N) is 2. The molecule has 0 saturated heterocycles. The molecule has 8 heteroatoms. The summed E-state index contributed by atoms with van der Waals surface area (Å²) in [6.45, 7) is 10.6. The van der Waals surface area contributed by atoms with Crippen molar-refractivity contribution >= 4 is 18.0 Å². The molecule has 2 amide bonds. The molecule has 1 rings (SSSR count). The van der Waals surface area contributed by atoms with Crippen molar-refractivity contribution in [2.75, 3.05) is 7.11 Å². The number of amides is 2. The fourth-order valence-electron chi connectivity index (χ4n) is 2.81. The van der Waals surface area contributed by atoms with Gasteiger partial charge in [-0.25, -0.2) is 4.79 Å². The largest absolute Gasteiger partial charge is 0.469 e. The molecule has 29 heavy (non-hydrogen) atoms. The first-order chi connectivity index (χ1) is 13.3. The lowest BCUT2D eigenvalue weighted by Gasteiger charge is -2.30. The van der Waals surface area contributed by atoms with Gasteiger partial charge in [0.05, 0.1) is 13.0 Å². The molecule has 0 unspecified atom stereocenters. The Morgan fingerprint density at radius 1 is 1.17 bits per heavy atom. The smallest absolute Gasteiger partial charge is 0.408 e. The van der Waals surface area contributed by atoms with Gasteiger partial charge in [0.2, 0.25) is 5.91 Å². The molecule has 2 N–H and O–H groups in total. The fourth-order valence-corrected chi connectivity index (χ4v) is 2.81. The number of pyridine rings is 1. The molecule has 1 heterocycles. The summed E-state index contributed by atoms with van der Waals surface area (Å²) in [5.41, 5.74) is -0.335. The number of aromatic nitrogens is 1. The van der Waals surface area contributed by atoms with Crippen molar-refractivity contribution in [3.05, 3.63) is 30.1 Å². The van der Waals surface area contributed by atoms with E-state index < -0.39 is 41.1 Å². The van der Waals surface area contributed by atoms with Gasteiger partial charge in [0.15, 0.2) is 0 Å². The molecule has 1 aromatic heterocycles. The van der Waals surface area contributed by atoms with Crippen LogP contribution < -0.4 is 10.6 Å². The normalized spacial score (nSPS) is 13.8. The zero-order valence-corrected chi connectivity index (χ0v) is 18.4. The minimum absolute atomic E-state index is 0.0840. The highest BCUT2D eigenvalue weighted by atomic mass is 16.6. The molecule has 1 aromatic rings. The molecule has 0 fully saturated rings. The highest BCUT2D eigenvalue weighted by Crippen LogP contribution is 2.15. The maximum absolute atomic E-state index is 12.9. The summed E-state index contributed by atoms with van der Waals surface area (Å²) in [7, 11) is 1.28. The van der Waals surface area contributed by atoms with Crippen molar-refractivity contribution in [1.29, 1.82) is 0 Å². The van der Waals surface area contributed by atoms with Gasteiger partial charge >= 0.3 is 12.1 Å². The van der Waals surface area contributed by atoms with Crippen molar-refractivity contribution in [3.63, 3.8) is 0 Å².